The summed E-state index contributed by atoms with van der Waals surface area (Å²) in [6, 6.07) is 1.10. The first-order valence-corrected chi connectivity index (χ1v) is 13.3. The molecule has 1 aromatic heterocycles. The van der Waals surface area contributed by atoms with Gasteiger partial charge in [0.2, 0.25) is 0 Å². The van der Waals surface area contributed by atoms with Crippen LogP contribution in [0.1, 0.15) is 56.9 Å². The molecular weight excluding hydrogens is 590 g/mol. The third-order valence-corrected chi connectivity index (χ3v) is 6.79. The van der Waals surface area contributed by atoms with Crippen molar-refractivity contribution in [3.63, 3.8) is 0 Å². The molecule has 1 saturated carbocycles. The standard InChI is InChI=1S/C24H29ClF6N4O2.O2S/c1-4-35-21(19(25)20(34-35)22(36)32-12-15-7-5-13(2)6-8-15)17-10-9-16(33-14(3)23(26,27)28)11-18(17)37-24(29,30)31;1-3-2/h9-11,13-15,33H,4-8,12H2,1-3H3,(H,32,36);/t13?,14-,15?;/m1./s1. The lowest BCUT2D eigenvalue weighted by atomic mass is 9.83. The van der Waals surface area contributed by atoms with E-state index in [0.717, 1.165) is 44.7 Å². The van der Waals surface area contributed by atoms with Gasteiger partial charge in [-0.1, -0.05) is 31.4 Å². The van der Waals surface area contributed by atoms with E-state index in [1.807, 2.05) is 0 Å². The lowest BCUT2D eigenvalue weighted by Crippen LogP contribution is -2.33. The van der Waals surface area contributed by atoms with Gasteiger partial charge in [-0.3, -0.25) is 9.48 Å². The Morgan fingerprint density at radius 2 is 1.77 bits per heavy atom. The Morgan fingerprint density at radius 3 is 2.30 bits per heavy atom. The van der Waals surface area contributed by atoms with E-state index in [1.165, 1.54) is 10.7 Å². The molecule has 0 unspecified atom stereocenters. The van der Waals surface area contributed by atoms with Crippen molar-refractivity contribution in [3.05, 3.63) is 28.9 Å². The van der Waals surface area contributed by atoms with Crippen molar-refractivity contribution in [1.29, 1.82) is 0 Å². The van der Waals surface area contributed by atoms with Gasteiger partial charge in [-0.2, -0.15) is 26.7 Å². The number of amides is 1. The number of anilines is 1. The first-order valence-electron chi connectivity index (χ1n) is 12.3. The van der Waals surface area contributed by atoms with Crippen molar-refractivity contribution in [2.45, 2.75) is 71.6 Å². The summed E-state index contributed by atoms with van der Waals surface area (Å²) in [5.74, 6) is -0.382. The molecule has 1 heterocycles. The summed E-state index contributed by atoms with van der Waals surface area (Å²) in [4.78, 5) is 12.9. The number of hydrogen-bond acceptors (Lipinski definition) is 6. The number of rotatable bonds is 8. The summed E-state index contributed by atoms with van der Waals surface area (Å²) in [6.45, 7) is 5.25. The molecule has 1 aromatic carbocycles. The molecule has 2 aromatic rings. The Bertz CT molecular complexity index is 1190. The third kappa shape index (κ3) is 9.39. The second-order valence-electron chi connectivity index (χ2n) is 9.40. The molecule has 1 amide bonds. The van der Waals surface area contributed by atoms with Gasteiger partial charge in [0.15, 0.2) is 5.69 Å². The van der Waals surface area contributed by atoms with Crippen molar-refractivity contribution in [2.24, 2.45) is 11.8 Å². The van der Waals surface area contributed by atoms with Crippen molar-refractivity contribution in [1.82, 2.24) is 15.1 Å². The normalized spacial score (nSPS) is 18.2. The molecule has 3 rings (SSSR count). The minimum Gasteiger partial charge on any atom is -0.405 e. The number of nitrogens with zero attached hydrogens (tertiary/aromatic N) is 2. The molecular formula is C24H29ClF6N4O4S. The first-order chi connectivity index (χ1) is 18.6. The van der Waals surface area contributed by atoms with Gasteiger partial charge in [0, 0.05) is 30.4 Å². The lowest BCUT2D eigenvalue weighted by molar-refractivity contribution is -0.274. The lowest BCUT2D eigenvalue weighted by Gasteiger charge is -2.26. The molecule has 0 bridgehead atoms. The molecule has 0 radical (unpaired) electrons. The number of alkyl halides is 6. The number of ether oxygens (including phenoxy) is 1. The zero-order valence-corrected chi connectivity index (χ0v) is 23.4. The van der Waals surface area contributed by atoms with Gasteiger partial charge in [0.05, 0.1) is 10.7 Å². The maximum Gasteiger partial charge on any atom is 0.573 e. The van der Waals surface area contributed by atoms with E-state index in [4.69, 9.17) is 20.0 Å². The summed E-state index contributed by atoms with van der Waals surface area (Å²) >= 11 is 5.71. The Labute approximate surface area is 235 Å². The highest BCUT2D eigenvalue weighted by Gasteiger charge is 2.37. The minimum atomic E-state index is -5.13. The van der Waals surface area contributed by atoms with Crippen LogP contribution < -0.4 is 15.4 Å². The Kier molecular flexibility index (Phi) is 11.9. The molecule has 40 heavy (non-hydrogen) atoms. The third-order valence-electron chi connectivity index (χ3n) is 6.43. The number of nitrogens with one attached hydrogen (secondary N) is 2. The molecule has 8 nitrogen and oxygen atoms in total. The minimum absolute atomic E-state index is 0.0181. The van der Waals surface area contributed by atoms with E-state index in [2.05, 4.69) is 27.4 Å². The fraction of sp³-hybridized carbons (Fsp3) is 0.583. The van der Waals surface area contributed by atoms with Crippen LogP contribution in [0.5, 0.6) is 5.75 Å². The van der Waals surface area contributed by atoms with Crippen LogP contribution >= 0.6 is 11.6 Å². The molecule has 16 heteroatoms. The molecule has 1 fully saturated rings. The number of aromatic nitrogens is 2. The van der Waals surface area contributed by atoms with E-state index < -0.39 is 41.8 Å². The number of benzene rings is 1. The number of aryl methyl sites for hydroxylation is 1. The van der Waals surface area contributed by atoms with E-state index >= 15 is 0 Å². The average Bonchev–Trinajstić information content (AvgIpc) is 3.18. The summed E-state index contributed by atoms with van der Waals surface area (Å²) in [7, 11) is 0. The van der Waals surface area contributed by atoms with Crippen LogP contribution in [0.3, 0.4) is 0 Å². The maximum atomic E-state index is 13.2. The van der Waals surface area contributed by atoms with Crippen LogP contribution in [-0.2, 0) is 18.1 Å². The zero-order chi connectivity index (χ0) is 30.3. The molecule has 2 N–H and O–H groups in total. The van der Waals surface area contributed by atoms with Gasteiger partial charge in [-0.25, -0.2) is 0 Å². The monoisotopic (exact) mass is 618 g/mol. The summed E-state index contributed by atoms with van der Waals surface area (Å²) in [5.41, 5.74) is -0.600. The highest BCUT2D eigenvalue weighted by atomic mass is 35.5. The molecule has 1 aliphatic carbocycles. The molecule has 0 spiro atoms. The van der Waals surface area contributed by atoms with E-state index in [1.54, 1.807) is 6.92 Å². The van der Waals surface area contributed by atoms with Gasteiger partial charge >= 0.3 is 24.1 Å². The average molecular weight is 619 g/mol. The van der Waals surface area contributed by atoms with Gasteiger partial charge in [-0.15, -0.1) is 13.2 Å². The van der Waals surface area contributed by atoms with Crippen molar-refractivity contribution in [2.75, 3.05) is 11.9 Å². The van der Waals surface area contributed by atoms with Crippen LogP contribution in [-0.4, -0.2) is 49.2 Å². The van der Waals surface area contributed by atoms with Crippen molar-refractivity contribution < 1.29 is 44.3 Å². The number of carbonyl (C=O) groups is 1. The number of hydrogen-bond donors (Lipinski definition) is 2. The smallest absolute Gasteiger partial charge is 0.405 e. The highest BCUT2D eigenvalue weighted by Crippen LogP contribution is 2.41. The van der Waals surface area contributed by atoms with Crippen molar-refractivity contribution >= 4 is 34.8 Å². The molecule has 0 aliphatic heterocycles. The van der Waals surface area contributed by atoms with Crippen molar-refractivity contribution in [3.8, 4) is 17.0 Å². The van der Waals surface area contributed by atoms with Crippen LogP contribution in [0, 0.1) is 11.8 Å². The van der Waals surface area contributed by atoms with Gasteiger partial charge < -0.3 is 15.4 Å². The molecule has 1 aliphatic rings. The first kappa shape index (κ1) is 33.4. The van der Waals surface area contributed by atoms with Crippen LogP contribution in [0.15, 0.2) is 18.2 Å². The van der Waals surface area contributed by atoms with Gasteiger partial charge in [0.1, 0.15) is 11.8 Å². The van der Waals surface area contributed by atoms with Crippen LogP contribution in [0.4, 0.5) is 32.0 Å². The fourth-order valence-corrected chi connectivity index (χ4v) is 4.60. The van der Waals surface area contributed by atoms with Crippen LogP contribution in [0.2, 0.25) is 5.02 Å². The van der Waals surface area contributed by atoms with E-state index in [0.29, 0.717) is 18.4 Å². The topological polar surface area (TPSA) is 102 Å². The molecule has 1 atom stereocenters. The Hall–Kier alpha value is -2.81. The second-order valence-corrected chi connectivity index (χ2v) is 9.91. The van der Waals surface area contributed by atoms with E-state index in [9.17, 15) is 31.1 Å². The maximum absolute atomic E-state index is 13.2. The van der Waals surface area contributed by atoms with Gasteiger partial charge in [-0.05, 0) is 50.7 Å². The second kappa shape index (κ2) is 14.2. The number of carbonyl (C=O) groups excluding carboxylic acids is 1. The van der Waals surface area contributed by atoms with Gasteiger partial charge in [0.25, 0.3) is 5.91 Å². The predicted octanol–water partition coefficient (Wildman–Crippen LogP) is 6.37. The zero-order valence-electron chi connectivity index (χ0n) is 21.8. The predicted molar refractivity (Wildman–Crippen MR) is 137 cm³/mol. The summed E-state index contributed by atoms with van der Waals surface area (Å²) < 4.78 is 100. The Balaban J connectivity index is 0.00000178. The van der Waals surface area contributed by atoms with Crippen LogP contribution in [0.25, 0.3) is 11.3 Å². The molecule has 0 saturated heterocycles. The SMILES string of the molecule is CCn1nc(C(=O)NCC2CCC(C)CC2)c(Cl)c1-c1ccc(N[C@H](C)C(F)(F)F)cc1OC(F)(F)F.O=S=O. The van der Waals surface area contributed by atoms with E-state index in [-0.39, 0.29) is 34.2 Å². The molecule has 224 valence electrons. The highest BCUT2D eigenvalue weighted by molar-refractivity contribution is 7.51. The largest absolute Gasteiger partial charge is 0.573 e. The summed E-state index contributed by atoms with van der Waals surface area (Å²) in [6.07, 6.45) is -5.64. The Morgan fingerprint density at radius 1 is 1.18 bits per heavy atom. The number of halogens is 7. The fourth-order valence-electron chi connectivity index (χ4n) is 4.27. The summed E-state index contributed by atoms with van der Waals surface area (Å²) in [5, 5.41) is 8.93. The quantitative estimate of drug-likeness (QED) is 0.333.